The molecule has 2 aromatic heterocycles. The van der Waals surface area contributed by atoms with Crippen LogP contribution in [-0.2, 0) is 23.1 Å². The lowest BCUT2D eigenvalue weighted by Crippen LogP contribution is -2.29. The molecular weight excluding hydrogens is 226 g/mol. The average Bonchev–Trinajstić information content (AvgIpc) is 2.58. The molecule has 0 saturated carbocycles. The molecule has 0 fully saturated rings. The van der Waals surface area contributed by atoms with Gasteiger partial charge in [-0.2, -0.15) is 9.78 Å². The van der Waals surface area contributed by atoms with Gasteiger partial charge >= 0.3 is 5.97 Å². The minimum absolute atomic E-state index is 0.261. The van der Waals surface area contributed by atoms with E-state index in [1.165, 1.54) is 11.8 Å². The van der Waals surface area contributed by atoms with E-state index < -0.39 is 11.5 Å². The van der Waals surface area contributed by atoms with Crippen molar-refractivity contribution < 1.29 is 9.53 Å². The summed E-state index contributed by atoms with van der Waals surface area (Å²) in [6.07, 6.45) is 0. The maximum Gasteiger partial charge on any atom is 0.327 e. The highest BCUT2D eigenvalue weighted by atomic mass is 16.5. The molecule has 8 nitrogen and oxygen atoms in total. The van der Waals surface area contributed by atoms with E-state index in [0.29, 0.717) is 16.7 Å². The van der Waals surface area contributed by atoms with Crippen molar-refractivity contribution >= 4 is 17.0 Å². The minimum Gasteiger partial charge on any atom is -0.468 e. The third-order valence-corrected chi connectivity index (χ3v) is 2.39. The lowest BCUT2D eigenvalue weighted by molar-refractivity contribution is -0.141. The molecule has 0 aliphatic carbocycles. The number of aromatic nitrogens is 5. The third-order valence-electron chi connectivity index (χ3n) is 2.39. The molecule has 8 heteroatoms. The first-order valence-electron chi connectivity index (χ1n) is 4.88. The topological polar surface area (TPSA) is 91.9 Å². The number of aryl methyl sites for hydroxylation is 2. The monoisotopic (exact) mass is 237 g/mol. The smallest absolute Gasteiger partial charge is 0.327 e. The zero-order valence-corrected chi connectivity index (χ0v) is 9.67. The van der Waals surface area contributed by atoms with Crippen LogP contribution in [0.1, 0.15) is 5.69 Å². The fraction of sp³-hybridized carbons (Fsp3) is 0.444. The highest BCUT2D eigenvalue weighted by molar-refractivity contribution is 5.76. The number of carbonyl (C=O) groups is 1. The van der Waals surface area contributed by atoms with E-state index in [9.17, 15) is 9.59 Å². The SMILES string of the molecule is COC(=O)Cn1nnc2c(C)nn(C)c2c1=O. The van der Waals surface area contributed by atoms with Gasteiger partial charge in [0.2, 0.25) is 0 Å². The van der Waals surface area contributed by atoms with Gasteiger partial charge < -0.3 is 4.74 Å². The van der Waals surface area contributed by atoms with Crippen LogP contribution >= 0.6 is 0 Å². The Morgan fingerprint density at radius 3 is 2.82 bits per heavy atom. The average molecular weight is 237 g/mol. The Kier molecular flexibility index (Phi) is 2.62. The molecule has 0 aliphatic heterocycles. The molecule has 0 spiro atoms. The van der Waals surface area contributed by atoms with E-state index in [2.05, 4.69) is 20.1 Å². The van der Waals surface area contributed by atoms with E-state index >= 15 is 0 Å². The van der Waals surface area contributed by atoms with E-state index in [-0.39, 0.29) is 6.54 Å². The van der Waals surface area contributed by atoms with Gasteiger partial charge in [-0.05, 0) is 6.92 Å². The van der Waals surface area contributed by atoms with E-state index in [4.69, 9.17) is 0 Å². The van der Waals surface area contributed by atoms with Crippen LogP contribution in [0.15, 0.2) is 4.79 Å². The standard InChI is InChI=1S/C9H11N5O3/c1-5-7-8(13(2)11-5)9(16)14(12-10-7)4-6(15)17-3/h4H2,1-3H3. The molecule has 2 aromatic rings. The molecule has 0 bridgehead atoms. The van der Waals surface area contributed by atoms with Gasteiger partial charge in [0.1, 0.15) is 12.1 Å². The van der Waals surface area contributed by atoms with Crippen molar-refractivity contribution in [2.75, 3.05) is 7.11 Å². The van der Waals surface area contributed by atoms with Crippen LogP contribution in [0, 0.1) is 6.92 Å². The van der Waals surface area contributed by atoms with E-state index in [0.717, 1.165) is 4.68 Å². The summed E-state index contributed by atoms with van der Waals surface area (Å²) in [6.45, 7) is 1.48. The number of nitrogens with zero attached hydrogens (tertiary/aromatic N) is 5. The van der Waals surface area contributed by atoms with Gasteiger partial charge in [0, 0.05) is 7.05 Å². The number of esters is 1. The molecule has 17 heavy (non-hydrogen) atoms. The number of methoxy groups -OCH3 is 1. The number of carbonyl (C=O) groups excluding carboxylic acids is 1. The Labute approximate surface area is 95.8 Å². The number of hydrogen-bond donors (Lipinski definition) is 0. The number of ether oxygens (including phenoxy) is 1. The summed E-state index contributed by atoms with van der Waals surface area (Å²) < 4.78 is 6.85. The van der Waals surface area contributed by atoms with Crippen molar-refractivity contribution in [2.24, 2.45) is 7.05 Å². The second-order valence-corrected chi connectivity index (χ2v) is 3.53. The molecule has 0 aromatic carbocycles. The van der Waals surface area contributed by atoms with Gasteiger partial charge in [0.05, 0.1) is 12.8 Å². The Hall–Kier alpha value is -2.25. The highest BCUT2D eigenvalue weighted by Crippen LogP contribution is 2.08. The molecule has 0 radical (unpaired) electrons. The van der Waals surface area contributed by atoms with Crippen molar-refractivity contribution in [1.29, 1.82) is 0 Å². The van der Waals surface area contributed by atoms with Crippen LogP contribution in [0.25, 0.3) is 11.0 Å². The molecule has 2 heterocycles. The van der Waals surface area contributed by atoms with Gasteiger partial charge in [-0.1, -0.05) is 5.21 Å². The third kappa shape index (κ3) is 1.77. The fourth-order valence-corrected chi connectivity index (χ4v) is 1.56. The molecule has 90 valence electrons. The van der Waals surface area contributed by atoms with Gasteiger partial charge in [0.25, 0.3) is 5.56 Å². The second kappa shape index (κ2) is 3.96. The predicted molar refractivity (Wildman–Crippen MR) is 57.3 cm³/mol. The second-order valence-electron chi connectivity index (χ2n) is 3.53. The molecule has 0 amide bonds. The molecule has 0 atom stereocenters. The Bertz CT molecular complexity index is 642. The lowest BCUT2D eigenvalue weighted by atomic mass is 10.4. The van der Waals surface area contributed by atoms with Crippen molar-refractivity contribution in [2.45, 2.75) is 13.5 Å². The van der Waals surface area contributed by atoms with Gasteiger partial charge in [0.15, 0.2) is 5.52 Å². The van der Waals surface area contributed by atoms with Crippen LogP contribution < -0.4 is 5.56 Å². The first-order valence-corrected chi connectivity index (χ1v) is 4.88. The van der Waals surface area contributed by atoms with Crippen molar-refractivity contribution in [3.05, 3.63) is 16.0 Å². The van der Waals surface area contributed by atoms with Crippen LogP contribution in [0.3, 0.4) is 0 Å². The fourth-order valence-electron chi connectivity index (χ4n) is 1.56. The maximum absolute atomic E-state index is 12.0. The Morgan fingerprint density at radius 1 is 1.47 bits per heavy atom. The van der Waals surface area contributed by atoms with Gasteiger partial charge in [-0.3, -0.25) is 14.3 Å². The highest BCUT2D eigenvalue weighted by Gasteiger charge is 2.15. The summed E-state index contributed by atoms with van der Waals surface area (Å²) >= 11 is 0. The quantitative estimate of drug-likeness (QED) is 0.622. The predicted octanol–water partition coefficient (Wildman–Crippen LogP) is -0.994. The first-order chi connectivity index (χ1) is 8.04. The lowest BCUT2D eigenvalue weighted by Gasteiger charge is -2.01. The number of hydrogen-bond acceptors (Lipinski definition) is 6. The van der Waals surface area contributed by atoms with Crippen molar-refractivity contribution in [3.63, 3.8) is 0 Å². The van der Waals surface area contributed by atoms with Crippen molar-refractivity contribution in [1.82, 2.24) is 24.8 Å². The largest absolute Gasteiger partial charge is 0.468 e. The molecule has 2 rings (SSSR count). The van der Waals surface area contributed by atoms with Crippen LogP contribution in [0.5, 0.6) is 0 Å². The normalized spacial score (nSPS) is 10.8. The Morgan fingerprint density at radius 2 is 2.18 bits per heavy atom. The van der Waals surface area contributed by atoms with Crippen molar-refractivity contribution in [3.8, 4) is 0 Å². The molecule has 0 N–H and O–H groups in total. The zero-order valence-electron chi connectivity index (χ0n) is 9.67. The summed E-state index contributed by atoms with van der Waals surface area (Å²) in [7, 11) is 2.88. The zero-order chi connectivity index (χ0) is 12.6. The van der Waals surface area contributed by atoms with Crippen LogP contribution in [0.4, 0.5) is 0 Å². The molecular formula is C9H11N5O3. The minimum atomic E-state index is -0.556. The maximum atomic E-state index is 12.0. The van der Waals surface area contributed by atoms with E-state index in [1.807, 2.05) is 0 Å². The van der Waals surface area contributed by atoms with Gasteiger partial charge in [-0.25, -0.2) is 0 Å². The first kappa shape index (κ1) is 11.2. The van der Waals surface area contributed by atoms with Gasteiger partial charge in [-0.15, -0.1) is 5.10 Å². The summed E-state index contributed by atoms with van der Waals surface area (Å²) in [6, 6.07) is 0. The molecule has 0 saturated heterocycles. The Balaban J connectivity index is 2.62. The molecule has 0 unspecified atom stereocenters. The number of fused-ring (bicyclic) bond motifs is 1. The molecule has 0 aliphatic rings. The summed E-state index contributed by atoms with van der Waals surface area (Å²) in [5.74, 6) is -0.556. The summed E-state index contributed by atoms with van der Waals surface area (Å²) in [5, 5.41) is 11.6. The summed E-state index contributed by atoms with van der Waals surface area (Å²) in [5.41, 5.74) is 0.973. The number of rotatable bonds is 2. The summed E-state index contributed by atoms with van der Waals surface area (Å²) in [4.78, 5) is 23.1. The van der Waals surface area contributed by atoms with Crippen LogP contribution in [-0.4, -0.2) is 37.9 Å². The van der Waals surface area contributed by atoms with Crippen LogP contribution in [0.2, 0.25) is 0 Å². The van der Waals surface area contributed by atoms with E-state index in [1.54, 1.807) is 14.0 Å².